The Morgan fingerprint density at radius 1 is 0.889 bits per heavy atom. The van der Waals surface area contributed by atoms with E-state index >= 15 is 0 Å². The molecule has 192 valence electrons. The molecule has 5 nitrogen and oxygen atoms in total. The summed E-state index contributed by atoms with van der Waals surface area (Å²) in [6.45, 7) is 12.4. The van der Waals surface area contributed by atoms with Gasteiger partial charge in [0, 0.05) is 6.07 Å². The molecular weight excluding hydrogens is 452 g/mol. The smallest absolute Gasteiger partial charge is 0.161 e. The minimum Gasteiger partial charge on any atom is -0.493 e. The van der Waals surface area contributed by atoms with Crippen LogP contribution in [0.15, 0.2) is 48.5 Å². The number of ether oxygens (including phenoxy) is 4. The minimum atomic E-state index is 0.417. The molecule has 0 unspecified atom stereocenters. The Hall–Kier alpha value is -3.47. The lowest BCUT2D eigenvalue weighted by molar-refractivity contribution is 0.111. The zero-order valence-corrected chi connectivity index (χ0v) is 22.2. The van der Waals surface area contributed by atoms with E-state index < -0.39 is 0 Å². The van der Waals surface area contributed by atoms with E-state index in [0.717, 1.165) is 70.6 Å². The summed E-state index contributed by atoms with van der Waals surface area (Å²) in [6, 6.07) is 16.0. The molecule has 0 bridgehead atoms. The van der Waals surface area contributed by atoms with Crippen molar-refractivity contribution in [1.29, 1.82) is 0 Å². The summed E-state index contributed by atoms with van der Waals surface area (Å²) >= 11 is 0. The first-order valence-electron chi connectivity index (χ1n) is 12.9. The second kappa shape index (κ2) is 13.6. The van der Waals surface area contributed by atoms with E-state index in [1.54, 1.807) is 0 Å². The van der Waals surface area contributed by atoms with Crippen molar-refractivity contribution >= 4 is 6.29 Å². The predicted octanol–water partition coefficient (Wildman–Crippen LogP) is 7.73. The lowest BCUT2D eigenvalue weighted by Gasteiger charge is -2.20. The summed E-state index contributed by atoms with van der Waals surface area (Å²) < 4.78 is 23.5. The van der Waals surface area contributed by atoms with E-state index in [1.165, 1.54) is 0 Å². The lowest BCUT2D eigenvalue weighted by atomic mass is 9.96. The maximum Gasteiger partial charge on any atom is 0.161 e. The average Bonchev–Trinajstić information content (AvgIpc) is 2.92. The number of hydrogen-bond donors (Lipinski definition) is 0. The van der Waals surface area contributed by atoms with E-state index in [2.05, 4.69) is 32.0 Å². The molecule has 0 atom stereocenters. The Balaban J connectivity index is 0.00000176. The first-order chi connectivity index (χ1) is 17.6. The summed E-state index contributed by atoms with van der Waals surface area (Å²) in [6.07, 6.45) is 4.03. The van der Waals surface area contributed by atoms with Crippen LogP contribution in [0.3, 0.4) is 0 Å². The molecule has 0 aliphatic carbocycles. The topological polar surface area (TPSA) is 54.0 Å². The van der Waals surface area contributed by atoms with Crippen LogP contribution in [-0.2, 0) is 6.61 Å². The number of fused-ring (bicyclic) bond motifs is 1. The zero-order valence-electron chi connectivity index (χ0n) is 22.2. The average molecular weight is 491 g/mol. The highest BCUT2D eigenvalue weighted by molar-refractivity contribution is 5.80. The maximum absolute atomic E-state index is 11.5. The Bertz CT molecular complexity index is 1150. The lowest BCUT2D eigenvalue weighted by Crippen LogP contribution is -2.15. The molecule has 0 saturated heterocycles. The van der Waals surface area contributed by atoms with E-state index in [4.69, 9.17) is 18.9 Å². The van der Waals surface area contributed by atoms with E-state index in [-0.39, 0.29) is 0 Å². The molecule has 1 heterocycles. The van der Waals surface area contributed by atoms with Crippen LogP contribution in [0.2, 0.25) is 0 Å². The first kappa shape index (κ1) is 27.1. The summed E-state index contributed by atoms with van der Waals surface area (Å²) in [5.41, 5.74) is 5.92. The van der Waals surface area contributed by atoms with E-state index in [1.807, 2.05) is 51.1 Å². The summed E-state index contributed by atoms with van der Waals surface area (Å²) in [4.78, 5) is 11.5. The highest BCUT2D eigenvalue weighted by Crippen LogP contribution is 2.36. The van der Waals surface area contributed by atoms with Gasteiger partial charge in [0.15, 0.2) is 17.8 Å². The largest absolute Gasteiger partial charge is 0.493 e. The standard InChI is InChI=1S/C29H32O5.C2H6/c1-4-5-6-12-31-28-17-27(20(2)15-24(28)18-30)34-19-23-8-7-9-25(21(23)3)22-10-11-26-29(16-22)33-14-13-32-26;1-2/h7-11,15-18H,4-6,12-14,19H2,1-3H3;1-2H3. The third kappa shape index (κ3) is 6.60. The summed E-state index contributed by atoms with van der Waals surface area (Å²) in [5.74, 6) is 2.87. The van der Waals surface area contributed by atoms with Crippen LogP contribution in [0.1, 0.15) is 67.1 Å². The van der Waals surface area contributed by atoms with Crippen LogP contribution in [0, 0.1) is 13.8 Å². The highest BCUT2D eigenvalue weighted by Gasteiger charge is 2.15. The number of rotatable bonds is 10. The number of aryl methyl sites for hydroxylation is 1. The fourth-order valence-corrected chi connectivity index (χ4v) is 4.12. The van der Waals surface area contributed by atoms with Crippen LogP contribution < -0.4 is 18.9 Å². The van der Waals surface area contributed by atoms with Crippen LogP contribution >= 0.6 is 0 Å². The van der Waals surface area contributed by atoms with Crippen LogP contribution in [0.5, 0.6) is 23.0 Å². The summed E-state index contributed by atoms with van der Waals surface area (Å²) in [5, 5.41) is 0. The monoisotopic (exact) mass is 490 g/mol. The molecule has 4 rings (SSSR count). The zero-order chi connectivity index (χ0) is 25.9. The fourth-order valence-electron chi connectivity index (χ4n) is 4.12. The van der Waals surface area contributed by atoms with Crippen molar-refractivity contribution in [3.63, 3.8) is 0 Å². The van der Waals surface area contributed by atoms with Gasteiger partial charge in [0.1, 0.15) is 31.3 Å². The van der Waals surface area contributed by atoms with Gasteiger partial charge in [0.05, 0.1) is 12.2 Å². The van der Waals surface area contributed by atoms with E-state index in [9.17, 15) is 4.79 Å². The van der Waals surface area contributed by atoms with Crippen molar-refractivity contribution in [3.8, 4) is 34.1 Å². The van der Waals surface area contributed by atoms with Gasteiger partial charge >= 0.3 is 0 Å². The third-order valence-corrected chi connectivity index (χ3v) is 6.12. The molecule has 0 radical (unpaired) electrons. The van der Waals surface area contributed by atoms with Gasteiger partial charge in [-0.2, -0.15) is 0 Å². The van der Waals surface area contributed by atoms with Gasteiger partial charge in [-0.15, -0.1) is 0 Å². The second-order valence-corrected chi connectivity index (χ2v) is 8.57. The van der Waals surface area contributed by atoms with Gasteiger partial charge in [0.25, 0.3) is 0 Å². The van der Waals surface area contributed by atoms with Gasteiger partial charge in [-0.1, -0.05) is 57.9 Å². The van der Waals surface area contributed by atoms with Crippen LogP contribution in [-0.4, -0.2) is 26.1 Å². The van der Waals surface area contributed by atoms with E-state index in [0.29, 0.717) is 37.7 Å². The number of unbranched alkanes of at least 4 members (excludes halogenated alkanes) is 2. The minimum absolute atomic E-state index is 0.417. The number of aldehydes is 1. The molecule has 36 heavy (non-hydrogen) atoms. The molecular formula is C31H38O5. The molecule has 3 aromatic rings. The van der Waals surface area contributed by atoms with Crippen LogP contribution in [0.25, 0.3) is 11.1 Å². The van der Waals surface area contributed by atoms with Crippen molar-refractivity contribution in [2.75, 3.05) is 19.8 Å². The molecule has 0 fully saturated rings. The predicted molar refractivity (Wildman–Crippen MR) is 145 cm³/mol. The normalized spacial score (nSPS) is 11.8. The number of carbonyl (C=O) groups is 1. The molecule has 0 aromatic heterocycles. The molecule has 0 N–H and O–H groups in total. The van der Waals surface area contributed by atoms with Gasteiger partial charge in [-0.05, 0) is 66.3 Å². The van der Waals surface area contributed by atoms with Gasteiger partial charge in [0.2, 0.25) is 0 Å². The molecule has 0 saturated carbocycles. The quantitative estimate of drug-likeness (QED) is 0.215. The van der Waals surface area contributed by atoms with Crippen LogP contribution in [0.4, 0.5) is 0 Å². The fraction of sp³-hybridized carbons (Fsp3) is 0.387. The first-order valence-corrected chi connectivity index (χ1v) is 12.9. The maximum atomic E-state index is 11.5. The molecule has 0 spiro atoms. The highest BCUT2D eigenvalue weighted by atomic mass is 16.6. The second-order valence-electron chi connectivity index (χ2n) is 8.57. The number of carbonyl (C=O) groups excluding carboxylic acids is 1. The molecule has 5 heteroatoms. The Labute approximate surface area is 215 Å². The Kier molecular flexibility index (Phi) is 10.2. The van der Waals surface area contributed by atoms with Gasteiger partial charge in [-0.3, -0.25) is 4.79 Å². The van der Waals surface area contributed by atoms with Gasteiger partial charge in [-0.25, -0.2) is 0 Å². The molecule has 1 aliphatic rings. The summed E-state index contributed by atoms with van der Waals surface area (Å²) in [7, 11) is 0. The molecule has 3 aromatic carbocycles. The number of benzene rings is 3. The third-order valence-electron chi connectivity index (χ3n) is 6.12. The van der Waals surface area contributed by atoms with Crippen molar-refractivity contribution in [1.82, 2.24) is 0 Å². The number of hydrogen-bond acceptors (Lipinski definition) is 5. The molecule has 0 amide bonds. The van der Waals surface area contributed by atoms with Crippen molar-refractivity contribution in [3.05, 3.63) is 70.8 Å². The van der Waals surface area contributed by atoms with Gasteiger partial charge < -0.3 is 18.9 Å². The SMILES string of the molecule is CC.CCCCCOc1cc(OCc2cccc(-c3ccc4c(c3)OCCO4)c2C)c(C)cc1C=O. The Morgan fingerprint density at radius 3 is 2.42 bits per heavy atom. The van der Waals surface area contributed by atoms with Crippen molar-refractivity contribution in [2.24, 2.45) is 0 Å². The Morgan fingerprint density at radius 2 is 1.67 bits per heavy atom. The van der Waals surface area contributed by atoms with Crippen molar-refractivity contribution in [2.45, 2.75) is 60.5 Å². The van der Waals surface area contributed by atoms with Crippen molar-refractivity contribution < 1.29 is 23.7 Å². The molecule has 1 aliphatic heterocycles.